The van der Waals surface area contributed by atoms with Crippen LogP contribution in [0.5, 0.6) is 5.75 Å². The monoisotopic (exact) mass is 330 g/mol. The molecule has 4 nitrogen and oxygen atoms in total. The second-order valence-corrected chi connectivity index (χ2v) is 4.87. The predicted octanol–water partition coefficient (Wildman–Crippen LogP) is 3.58. The molecular weight excluding hydrogens is 320 g/mol. The van der Waals surface area contributed by atoms with Crippen molar-refractivity contribution in [3.8, 4) is 11.8 Å². The van der Waals surface area contributed by atoms with Gasteiger partial charge in [0, 0.05) is 4.47 Å². The van der Waals surface area contributed by atoms with Gasteiger partial charge in [0.15, 0.2) is 0 Å². The van der Waals surface area contributed by atoms with Crippen LogP contribution in [0.3, 0.4) is 0 Å². The number of methoxy groups -OCH3 is 1. The van der Waals surface area contributed by atoms with Crippen LogP contribution in [-0.4, -0.2) is 13.0 Å². The second-order valence-electron chi connectivity index (χ2n) is 3.96. The lowest BCUT2D eigenvalue weighted by Gasteiger charge is -2.10. The van der Waals surface area contributed by atoms with E-state index in [2.05, 4.69) is 21.2 Å². The minimum atomic E-state index is -0.328. The molecule has 2 rings (SSSR count). The van der Waals surface area contributed by atoms with Gasteiger partial charge in [-0.2, -0.15) is 5.26 Å². The van der Waals surface area contributed by atoms with E-state index in [9.17, 15) is 4.79 Å². The summed E-state index contributed by atoms with van der Waals surface area (Å²) in [6, 6.07) is 14.0. The molecule has 0 unspecified atom stereocenters. The fourth-order valence-electron chi connectivity index (χ4n) is 1.74. The van der Waals surface area contributed by atoms with Gasteiger partial charge in [-0.05, 0) is 30.3 Å². The van der Waals surface area contributed by atoms with Crippen LogP contribution < -0.4 is 10.1 Å². The van der Waals surface area contributed by atoms with Crippen LogP contribution >= 0.6 is 15.9 Å². The molecular formula is C15H11BrN2O2. The number of para-hydroxylation sites is 1. The summed E-state index contributed by atoms with van der Waals surface area (Å²) in [6.45, 7) is 0. The van der Waals surface area contributed by atoms with E-state index in [1.807, 2.05) is 6.07 Å². The summed E-state index contributed by atoms with van der Waals surface area (Å²) in [7, 11) is 1.50. The van der Waals surface area contributed by atoms with Crippen molar-refractivity contribution in [1.82, 2.24) is 0 Å². The zero-order chi connectivity index (χ0) is 14.5. The lowest BCUT2D eigenvalue weighted by atomic mass is 10.1. The van der Waals surface area contributed by atoms with Gasteiger partial charge in [-0.15, -0.1) is 0 Å². The normalized spacial score (nSPS) is 9.65. The van der Waals surface area contributed by atoms with Crippen LogP contribution in [0.15, 0.2) is 46.9 Å². The van der Waals surface area contributed by atoms with E-state index >= 15 is 0 Å². The van der Waals surface area contributed by atoms with E-state index in [1.165, 1.54) is 7.11 Å². The van der Waals surface area contributed by atoms with Crippen molar-refractivity contribution in [3.05, 3.63) is 58.1 Å². The van der Waals surface area contributed by atoms with Crippen LogP contribution in [0.2, 0.25) is 0 Å². The summed E-state index contributed by atoms with van der Waals surface area (Å²) in [4.78, 5) is 12.3. The SMILES string of the molecule is COc1ccc(Br)cc1C(=O)Nc1ccccc1C#N. The second kappa shape index (κ2) is 6.22. The van der Waals surface area contributed by atoms with E-state index in [-0.39, 0.29) is 5.91 Å². The first-order valence-corrected chi connectivity index (χ1v) is 6.59. The van der Waals surface area contributed by atoms with Gasteiger partial charge in [0.25, 0.3) is 5.91 Å². The zero-order valence-corrected chi connectivity index (χ0v) is 12.3. The average Bonchev–Trinajstić information content (AvgIpc) is 2.47. The highest BCUT2D eigenvalue weighted by Crippen LogP contribution is 2.24. The summed E-state index contributed by atoms with van der Waals surface area (Å²) in [6.07, 6.45) is 0. The Morgan fingerprint density at radius 2 is 2.05 bits per heavy atom. The number of amides is 1. The molecule has 20 heavy (non-hydrogen) atoms. The van der Waals surface area contributed by atoms with Gasteiger partial charge < -0.3 is 10.1 Å². The number of carbonyl (C=O) groups is 1. The van der Waals surface area contributed by atoms with E-state index in [4.69, 9.17) is 10.00 Å². The highest BCUT2D eigenvalue weighted by Gasteiger charge is 2.14. The van der Waals surface area contributed by atoms with Gasteiger partial charge in [0.05, 0.1) is 23.9 Å². The van der Waals surface area contributed by atoms with E-state index in [1.54, 1.807) is 42.5 Å². The lowest BCUT2D eigenvalue weighted by Crippen LogP contribution is -2.14. The highest BCUT2D eigenvalue weighted by molar-refractivity contribution is 9.10. The molecule has 0 saturated carbocycles. The van der Waals surface area contributed by atoms with E-state index in [0.29, 0.717) is 22.6 Å². The molecule has 0 bridgehead atoms. The molecule has 5 heteroatoms. The maximum Gasteiger partial charge on any atom is 0.259 e. The molecule has 0 saturated heterocycles. The Morgan fingerprint density at radius 1 is 1.30 bits per heavy atom. The minimum Gasteiger partial charge on any atom is -0.496 e. The Kier molecular flexibility index (Phi) is 4.38. The molecule has 1 N–H and O–H groups in total. The maximum atomic E-state index is 12.3. The fourth-order valence-corrected chi connectivity index (χ4v) is 2.10. The number of benzene rings is 2. The number of anilines is 1. The molecule has 0 aliphatic carbocycles. The van der Waals surface area contributed by atoms with Gasteiger partial charge >= 0.3 is 0 Å². The largest absolute Gasteiger partial charge is 0.496 e. The van der Waals surface area contributed by atoms with Crippen LogP contribution in [0.1, 0.15) is 15.9 Å². The highest BCUT2D eigenvalue weighted by atomic mass is 79.9. The molecule has 2 aromatic rings. The van der Waals surface area contributed by atoms with Crippen LogP contribution in [0.25, 0.3) is 0 Å². The molecule has 0 aromatic heterocycles. The number of hydrogen-bond acceptors (Lipinski definition) is 3. The third-order valence-electron chi connectivity index (χ3n) is 2.70. The Hall–Kier alpha value is -2.32. The number of rotatable bonds is 3. The van der Waals surface area contributed by atoms with Gasteiger partial charge in [-0.1, -0.05) is 28.1 Å². The van der Waals surface area contributed by atoms with Crippen LogP contribution in [-0.2, 0) is 0 Å². The number of halogens is 1. The molecule has 0 spiro atoms. The maximum absolute atomic E-state index is 12.3. The molecule has 0 heterocycles. The molecule has 0 fully saturated rings. The zero-order valence-electron chi connectivity index (χ0n) is 10.7. The van der Waals surface area contributed by atoms with Crippen molar-refractivity contribution >= 4 is 27.5 Å². The van der Waals surface area contributed by atoms with Crippen LogP contribution in [0.4, 0.5) is 5.69 Å². The first-order valence-electron chi connectivity index (χ1n) is 5.79. The van der Waals surface area contributed by atoms with Crippen molar-refractivity contribution in [2.75, 3.05) is 12.4 Å². The number of ether oxygens (including phenoxy) is 1. The van der Waals surface area contributed by atoms with E-state index in [0.717, 1.165) is 4.47 Å². The Morgan fingerprint density at radius 3 is 2.75 bits per heavy atom. The predicted molar refractivity (Wildman–Crippen MR) is 79.8 cm³/mol. The van der Waals surface area contributed by atoms with Gasteiger partial charge in [-0.25, -0.2) is 0 Å². The van der Waals surface area contributed by atoms with Crippen molar-refractivity contribution in [2.24, 2.45) is 0 Å². The van der Waals surface area contributed by atoms with Gasteiger partial charge in [-0.3, -0.25) is 4.79 Å². The summed E-state index contributed by atoms with van der Waals surface area (Å²) < 4.78 is 5.94. The Balaban J connectivity index is 2.33. The summed E-state index contributed by atoms with van der Waals surface area (Å²) >= 11 is 3.32. The number of nitriles is 1. The molecule has 2 aromatic carbocycles. The third-order valence-corrected chi connectivity index (χ3v) is 3.20. The standard InChI is InChI=1S/C15H11BrN2O2/c1-20-14-7-6-11(16)8-12(14)15(19)18-13-5-3-2-4-10(13)9-17/h2-8H,1H3,(H,18,19). The number of nitrogens with one attached hydrogen (secondary N) is 1. The quantitative estimate of drug-likeness (QED) is 0.935. The van der Waals surface area contributed by atoms with Crippen molar-refractivity contribution < 1.29 is 9.53 Å². The Labute approximate surface area is 125 Å². The topological polar surface area (TPSA) is 62.1 Å². The fraction of sp³-hybridized carbons (Fsp3) is 0.0667. The first kappa shape index (κ1) is 14.1. The molecule has 0 atom stereocenters. The van der Waals surface area contributed by atoms with E-state index < -0.39 is 0 Å². The molecule has 0 aliphatic rings. The lowest BCUT2D eigenvalue weighted by molar-refractivity contribution is 0.102. The molecule has 0 radical (unpaired) electrons. The summed E-state index contributed by atoms with van der Waals surface area (Å²) in [5, 5.41) is 11.7. The molecule has 100 valence electrons. The van der Waals surface area contributed by atoms with Crippen molar-refractivity contribution in [2.45, 2.75) is 0 Å². The molecule has 1 amide bonds. The summed E-state index contributed by atoms with van der Waals surface area (Å²) in [5.74, 6) is 0.144. The number of hydrogen-bond donors (Lipinski definition) is 1. The smallest absolute Gasteiger partial charge is 0.259 e. The molecule has 0 aliphatic heterocycles. The van der Waals surface area contributed by atoms with Crippen molar-refractivity contribution in [3.63, 3.8) is 0 Å². The average molecular weight is 331 g/mol. The van der Waals surface area contributed by atoms with Gasteiger partial charge in [0.2, 0.25) is 0 Å². The van der Waals surface area contributed by atoms with Crippen LogP contribution in [0, 0.1) is 11.3 Å². The summed E-state index contributed by atoms with van der Waals surface area (Å²) in [5.41, 5.74) is 1.28. The van der Waals surface area contributed by atoms with Gasteiger partial charge in [0.1, 0.15) is 11.8 Å². The first-order chi connectivity index (χ1) is 9.65. The number of nitrogens with zero attached hydrogens (tertiary/aromatic N) is 1. The Bertz CT molecular complexity index is 693. The number of carbonyl (C=O) groups excluding carboxylic acids is 1. The third kappa shape index (κ3) is 2.98. The minimum absolute atomic E-state index is 0.328. The van der Waals surface area contributed by atoms with Crippen molar-refractivity contribution in [1.29, 1.82) is 5.26 Å².